The summed E-state index contributed by atoms with van der Waals surface area (Å²) in [5, 5.41) is 11.2. The molecular weight excluding hydrogens is 276 g/mol. The van der Waals surface area contributed by atoms with Crippen LogP contribution in [-0.4, -0.2) is 74.3 Å². The molecule has 8 nitrogen and oxygen atoms in total. The van der Waals surface area contributed by atoms with E-state index in [9.17, 15) is 18.0 Å². The molecule has 19 heavy (non-hydrogen) atoms. The largest absolute Gasteiger partial charge is 0.480 e. The zero-order valence-corrected chi connectivity index (χ0v) is 11.6. The first kappa shape index (κ1) is 15.7. The van der Waals surface area contributed by atoms with E-state index in [0.717, 1.165) is 0 Å². The van der Waals surface area contributed by atoms with Gasteiger partial charge >= 0.3 is 12.0 Å². The van der Waals surface area contributed by atoms with E-state index in [-0.39, 0.29) is 24.7 Å². The summed E-state index contributed by atoms with van der Waals surface area (Å²) in [5.74, 6) is -1.41. The molecule has 0 saturated carbocycles. The number of carbonyl (C=O) groups excluding carboxylic acids is 1. The molecule has 2 unspecified atom stereocenters. The summed E-state index contributed by atoms with van der Waals surface area (Å²) in [4.78, 5) is 24.1. The molecule has 0 aromatic rings. The molecule has 0 radical (unpaired) electrons. The molecule has 1 heterocycles. The van der Waals surface area contributed by atoms with Crippen LogP contribution in [0.2, 0.25) is 0 Å². The summed E-state index contributed by atoms with van der Waals surface area (Å²) in [6, 6.07) is -2.22. The molecular formula is C10H18N2O6S. The van der Waals surface area contributed by atoms with Crippen LogP contribution in [0.15, 0.2) is 0 Å². The second-order valence-electron chi connectivity index (χ2n) is 4.45. The van der Waals surface area contributed by atoms with Crippen molar-refractivity contribution in [3.05, 3.63) is 0 Å². The van der Waals surface area contributed by atoms with Gasteiger partial charge in [-0.2, -0.15) is 0 Å². The average molecular weight is 294 g/mol. The van der Waals surface area contributed by atoms with Crippen LogP contribution in [0.25, 0.3) is 0 Å². The highest BCUT2D eigenvalue weighted by Crippen LogP contribution is 2.11. The lowest BCUT2D eigenvalue weighted by molar-refractivity contribution is -0.140. The van der Waals surface area contributed by atoms with Gasteiger partial charge in [0, 0.05) is 19.7 Å². The lowest BCUT2D eigenvalue weighted by Crippen LogP contribution is -2.56. The second kappa shape index (κ2) is 6.20. The van der Waals surface area contributed by atoms with Crippen LogP contribution >= 0.6 is 0 Å². The number of ether oxygens (including phenoxy) is 1. The van der Waals surface area contributed by atoms with E-state index in [1.165, 1.54) is 12.0 Å². The molecule has 2 atom stereocenters. The third-order valence-electron chi connectivity index (χ3n) is 2.86. The maximum Gasteiger partial charge on any atom is 0.328 e. The normalized spacial score (nSPS) is 23.7. The van der Waals surface area contributed by atoms with E-state index in [0.29, 0.717) is 0 Å². The minimum atomic E-state index is -3.12. The van der Waals surface area contributed by atoms with Gasteiger partial charge in [-0.3, -0.25) is 0 Å². The number of carboxylic acids is 1. The molecule has 1 aliphatic heterocycles. The van der Waals surface area contributed by atoms with Gasteiger partial charge in [0.25, 0.3) is 0 Å². The van der Waals surface area contributed by atoms with Crippen LogP contribution in [0.5, 0.6) is 0 Å². The van der Waals surface area contributed by atoms with Crippen molar-refractivity contribution in [2.45, 2.75) is 19.0 Å². The van der Waals surface area contributed by atoms with E-state index in [1.807, 2.05) is 0 Å². The first-order valence-corrected chi connectivity index (χ1v) is 7.58. The smallest absolute Gasteiger partial charge is 0.328 e. The first-order valence-electron chi connectivity index (χ1n) is 5.76. The van der Waals surface area contributed by atoms with E-state index < -0.39 is 33.9 Å². The zero-order chi connectivity index (χ0) is 14.6. The highest BCUT2D eigenvalue weighted by Gasteiger charge is 2.32. The Balaban J connectivity index is 2.65. The summed E-state index contributed by atoms with van der Waals surface area (Å²) in [6.45, 7) is 1.53. The van der Waals surface area contributed by atoms with E-state index >= 15 is 0 Å². The maximum absolute atomic E-state index is 11.9. The van der Waals surface area contributed by atoms with E-state index in [1.54, 1.807) is 6.92 Å². The SMILES string of the molecule is COCC(NC(=O)N1CCS(=O)(=O)CC1C)C(=O)O. The van der Waals surface area contributed by atoms with Gasteiger partial charge in [0.05, 0.1) is 18.1 Å². The standard InChI is InChI=1S/C10H18N2O6S/c1-7-6-19(16,17)4-3-12(7)10(15)11-8(5-18-2)9(13)14/h7-8H,3-6H2,1-2H3,(H,11,15)(H,13,14). The number of hydrogen-bond acceptors (Lipinski definition) is 5. The number of methoxy groups -OCH3 is 1. The number of rotatable bonds is 4. The lowest BCUT2D eigenvalue weighted by atomic mass is 10.3. The topological polar surface area (TPSA) is 113 Å². The molecule has 2 N–H and O–H groups in total. The molecule has 9 heteroatoms. The number of hydrogen-bond donors (Lipinski definition) is 2. The van der Waals surface area contributed by atoms with E-state index in [2.05, 4.69) is 5.32 Å². The van der Waals surface area contributed by atoms with Crippen molar-refractivity contribution in [1.29, 1.82) is 0 Å². The van der Waals surface area contributed by atoms with Crippen LogP contribution in [0.1, 0.15) is 6.92 Å². The maximum atomic E-state index is 11.9. The Bertz CT molecular complexity index is 449. The van der Waals surface area contributed by atoms with Gasteiger partial charge in [-0.05, 0) is 6.92 Å². The average Bonchev–Trinajstić information content (AvgIpc) is 2.26. The van der Waals surface area contributed by atoms with Crippen molar-refractivity contribution in [3.8, 4) is 0 Å². The van der Waals surface area contributed by atoms with Gasteiger partial charge in [-0.25, -0.2) is 18.0 Å². The fraction of sp³-hybridized carbons (Fsp3) is 0.800. The molecule has 0 aromatic carbocycles. The summed E-state index contributed by atoms with van der Waals surface area (Å²) < 4.78 is 27.5. The summed E-state index contributed by atoms with van der Waals surface area (Å²) >= 11 is 0. The molecule has 1 rings (SSSR count). The quantitative estimate of drug-likeness (QED) is 0.681. The predicted molar refractivity (Wildman–Crippen MR) is 66.7 cm³/mol. The van der Waals surface area contributed by atoms with Gasteiger partial charge in [0.1, 0.15) is 0 Å². The molecule has 0 bridgehead atoms. The lowest BCUT2D eigenvalue weighted by Gasteiger charge is -2.33. The zero-order valence-electron chi connectivity index (χ0n) is 10.8. The minimum Gasteiger partial charge on any atom is -0.480 e. The van der Waals surface area contributed by atoms with Crippen molar-refractivity contribution in [3.63, 3.8) is 0 Å². The van der Waals surface area contributed by atoms with Crippen molar-refractivity contribution in [1.82, 2.24) is 10.2 Å². The number of nitrogens with one attached hydrogen (secondary N) is 1. The number of aliphatic carboxylic acids is 1. The fourth-order valence-electron chi connectivity index (χ4n) is 1.87. The van der Waals surface area contributed by atoms with Crippen molar-refractivity contribution < 1.29 is 27.9 Å². The molecule has 1 saturated heterocycles. The van der Waals surface area contributed by atoms with Gasteiger partial charge in [0.2, 0.25) is 0 Å². The molecule has 110 valence electrons. The Morgan fingerprint density at radius 2 is 2.16 bits per heavy atom. The van der Waals surface area contributed by atoms with Gasteiger partial charge < -0.3 is 20.1 Å². The van der Waals surface area contributed by atoms with Crippen LogP contribution in [0.3, 0.4) is 0 Å². The predicted octanol–water partition coefficient (Wildman–Crippen LogP) is -1.09. The number of carboxylic acid groups (broad SMARTS) is 1. The Morgan fingerprint density at radius 3 is 2.63 bits per heavy atom. The second-order valence-corrected chi connectivity index (χ2v) is 6.68. The van der Waals surface area contributed by atoms with Gasteiger partial charge in [-0.15, -0.1) is 0 Å². The number of carbonyl (C=O) groups is 2. The van der Waals surface area contributed by atoms with Gasteiger partial charge in [-0.1, -0.05) is 0 Å². The molecule has 1 aliphatic rings. The fourth-order valence-corrected chi connectivity index (χ4v) is 3.43. The van der Waals surface area contributed by atoms with Crippen molar-refractivity contribution in [2.24, 2.45) is 0 Å². The number of nitrogens with zero attached hydrogens (tertiary/aromatic N) is 1. The van der Waals surface area contributed by atoms with Gasteiger partial charge in [0.15, 0.2) is 15.9 Å². The summed E-state index contributed by atoms with van der Waals surface area (Å²) in [5.41, 5.74) is 0. The Kier molecular flexibility index (Phi) is 5.12. The molecule has 0 spiro atoms. The molecule has 2 amide bonds. The summed E-state index contributed by atoms with van der Waals surface area (Å²) in [6.07, 6.45) is 0. The van der Waals surface area contributed by atoms with Crippen LogP contribution in [0.4, 0.5) is 4.79 Å². The minimum absolute atomic E-state index is 0.0641. The summed E-state index contributed by atoms with van der Waals surface area (Å²) in [7, 11) is -1.78. The Labute approximate surface area is 111 Å². The van der Waals surface area contributed by atoms with Crippen LogP contribution in [-0.2, 0) is 19.4 Å². The van der Waals surface area contributed by atoms with Crippen LogP contribution in [0, 0.1) is 0 Å². The first-order chi connectivity index (χ1) is 8.76. The van der Waals surface area contributed by atoms with E-state index in [4.69, 9.17) is 9.84 Å². The van der Waals surface area contributed by atoms with Crippen molar-refractivity contribution in [2.75, 3.05) is 31.8 Å². The molecule has 0 aliphatic carbocycles. The highest BCUT2D eigenvalue weighted by molar-refractivity contribution is 7.91. The number of urea groups is 1. The Hall–Kier alpha value is -1.35. The Morgan fingerprint density at radius 1 is 1.53 bits per heavy atom. The van der Waals surface area contributed by atoms with Crippen molar-refractivity contribution >= 4 is 21.8 Å². The highest BCUT2D eigenvalue weighted by atomic mass is 32.2. The third-order valence-corrected chi connectivity index (χ3v) is 4.66. The molecule has 0 aromatic heterocycles. The number of sulfone groups is 1. The monoisotopic (exact) mass is 294 g/mol. The van der Waals surface area contributed by atoms with Crippen LogP contribution < -0.4 is 5.32 Å². The molecule has 1 fully saturated rings. The number of amides is 2. The third kappa shape index (κ3) is 4.35.